The summed E-state index contributed by atoms with van der Waals surface area (Å²) >= 11 is 6.11. The van der Waals surface area contributed by atoms with E-state index in [0.29, 0.717) is 25.7 Å². The second-order valence-corrected chi connectivity index (χ2v) is 5.96. The van der Waals surface area contributed by atoms with E-state index in [1.165, 1.54) is 19.4 Å². The third kappa shape index (κ3) is 5.04. The van der Waals surface area contributed by atoms with E-state index < -0.39 is 11.8 Å². The summed E-state index contributed by atoms with van der Waals surface area (Å²) in [5.41, 5.74) is 1.96. The molecule has 0 aromatic carbocycles. The highest BCUT2D eigenvalue weighted by molar-refractivity contribution is 6.39. The van der Waals surface area contributed by atoms with Gasteiger partial charge in [0.05, 0.1) is 24.9 Å². The SMILES string of the molecule is COC(=O)[C@H]1CC[C@@H](Oc2ncc(NC(=O)C(=O)NN)cc2Cl)CC1. The lowest BCUT2D eigenvalue weighted by Gasteiger charge is -2.27. The van der Waals surface area contributed by atoms with Gasteiger partial charge in [-0.2, -0.15) is 0 Å². The quantitative estimate of drug-likeness (QED) is 0.234. The lowest BCUT2D eigenvalue weighted by Crippen LogP contribution is -2.39. The Kier molecular flexibility index (Phi) is 6.54. The van der Waals surface area contributed by atoms with E-state index in [1.54, 1.807) is 5.43 Å². The number of carbonyl (C=O) groups excluding carboxylic acids is 3. The van der Waals surface area contributed by atoms with E-state index in [0.717, 1.165) is 0 Å². The number of nitrogens with zero attached hydrogens (tertiary/aromatic N) is 1. The number of ether oxygens (including phenoxy) is 2. The molecular weight excluding hydrogens is 352 g/mol. The summed E-state index contributed by atoms with van der Waals surface area (Å²) in [6.45, 7) is 0. The predicted molar refractivity (Wildman–Crippen MR) is 88.6 cm³/mol. The molecule has 2 amide bonds. The number of carbonyl (C=O) groups is 3. The lowest BCUT2D eigenvalue weighted by atomic mass is 9.87. The number of pyridine rings is 1. The van der Waals surface area contributed by atoms with Gasteiger partial charge in [-0.1, -0.05) is 11.6 Å². The van der Waals surface area contributed by atoms with Crippen LogP contribution in [0.15, 0.2) is 12.3 Å². The number of halogens is 1. The molecule has 1 heterocycles. The molecule has 136 valence electrons. The molecular formula is C15H19ClN4O5. The number of hydrazine groups is 1. The number of nitrogens with two attached hydrogens (primary N) is 1. The van der Waals surface area contributed by atoms with Crippen LogP contribution in [0.4, 0.5) is 5.69 Å². The fraction of sp³-hybridized carbons (Fsp3) is 0.467. The number of amides is 2. The van der Waals surface area contributed by atoms with Crippen LogP contribution in [0.3, 0.4) is 0 Å². The number of rotatable bonds is 4. The van der Waals surface area contributed by atoms with Gasteiger partial charge in [0.25, 0.3) is 0 Å². The monoisotopic (exact) mass is 370 g/mol. The minimum absolute atomic E-state index is 0.0976. The molecule has 4 N–H and O–H groups in total. The highest BCUT2D eigenvalue weighted by atomic mass is 35.5. The minimum Gasteiger partial charge on any atom is -0.473 e. The molecule has 1 aromatic heterocycles. The van der Waals surface area contributed by atoms with Crippen molar-refractivity contribution in [2.75, 3.05) is 12.4 Å². The first kappa shape index (κ1) is 18.9. The number of hydrogen-bond donors (Lipinski definition) is 3. The zero-order chi connectivity index (χ0) is 18.4. The van der Waals surface area contributed by atoms with Gasteiger partial charge in [-0.05, 0) is 31.7 Å². The summed E-state index contributed by atoms with van der Waals surface area (Å²) in [7, 11) is 1.38. The Morgan fingerprint density at radius 2 is 1.92 bits per heavy atom. The molecule has 10 heteroatoms. The maximum atomic E-state index is 11.5. The van der Waals surface area contributed by atoms with E-state index in [-0.39, 0.29) is 34.6 Å². The molecule has 1 aliphatic rings. The Morgan fingerprint density at radius 1 is 1.24 bits per heavy atom. The Morgan fingerprint density at radius 3 is 2.48 bits per heavy atom. The van der Waals surface area contributed by atoms with Gasteiger partial charge in [0, 0.05) is 0 Å². The van der Waals surface area contributed by atoms with E-state index in [1.807, 2.05) is 0 Å². The van der Waals surface area contributed by atoms with Gasteiger partial charge in [-0.25, -0.2) is 10.8 Å². The molecule has 0 atom stereocenters. The van der Waals surface area contributed by atoms with Gasteiger partial charge in [0.1, 0.15) is 11.1 Å². The van der Waals surface area contributed by atoms with Gasteiger partial charge in [-0.3, -0.25) is 19.8 Å². The van der Waals surface area contributed by atoms with Gasteiger partial charge >= 0.3 is 17.8 Å². The van der Waals surface area contributed by atoms with Gasteiger partial charge in [-0.15, -0.1) is 0 Å². The van der Waals surface area contributed by atoms with Gasteiger partial charge in [0.2, 0.25) is 5.88 Å². The second-order valence-electron chi connectivity index (χ2n) is 5.55. The minimum atomic E-state index is -0.987. The smallest absolute Gasteiger partial charge is 0.323 e. The Hall–Kier alpha value is -2.39. The topological polar surface area (TPSA) is 133 Å². The van der Waals surface area contributed by atoms with Crippen LogP contribution in [0.5, 0.6) is 5.88 Å². The summed E-state index contributed by atoms with van der Waals surface area (Å²) in [5.74, 6) is 2.88. The van der Waals surface area contributed by atoms with Gasteiger partial charge < -0.3 is 14.8 Å². The van der Waals surface area contributed by atoms with Crippen molar-refractivity contribution in [2.45, 2.75) is 31.8 Å². The summed E-state index contributed by atoms with van der Waals surface area (Å²) in [6.07, 6.45) is 3.95. The zero-order valence-corrected chi connectivity index (χ0v) is 14.3. The molecule has 9 nitrogen and oxygen atoms in total. The van der Waals surface area contributed by atoms with Crippen molar-refractivity contribution in [2.24, 2.45) is 11.8 Å². The number of aromatic nitrogens is 1. The third-order valence-electron chi connectivity index (χ3n) is 3.89. The first-order chi connectivity index (χ1) is 11.9. The normalized spacial score (nSPS) is 19.6. The van der Waals surface area contributed by atoms with Crippen LogP contribution < -0.4 is 21.3 Å². The van der Waals surface area contributed by atoms with Crippen LogP contribution in [0.1, 0.15) is 25.7 Å². The average Bonchev–Trinajstić information content (AvgIpc) is 2.63. The largest absolute Gasteiger partial charge is 0.473 e. The predicted octanol–water partition coefficient (Wildman–Crippen LogP) is 0.774. The summed E-state index contributed by atoms with van der Waals surface area (Å²) in [4.78, 5) is 38.1. The van der Waals surface area contributed by atoms with Crippen molar-refractivity contribution < 1.29 is 23.9 Å². The Balaban J connectivity index is 1.92. The summed E-state index contributed by atoms with van der Waals surface area (Å²) in [6, 6.07) is 1.42. The second kappa shape index (κ2) is 8.63. The van der Waals surface area contributed by atoms with Crippen molar-refractivity contribution in [3.8, 4) is 5.88 Å². The Bertz CT molecular complexity index is 661. The molecule has 0 radical (unpaired) electrons. The molecule has 0 saturated heterocycles. The fourth-order valence-electron chi connectivity index (χ4n) is 2.57. The average molecular weight is 371 g/mol. The third-order valence-corrected chi connectivity index (χ3v) is 4.16. The van der Waals surface area contributed by atoms with Crippen LogP contribution in [-0.4, -0.2) is 36.0 Å². The van der Waals surface area contributed by atoms with Crippen molar-refractivity contribution in [3.63, 3.8) is 0 Å². The maximum Gasteiger partial charge on any atom is 0.323 e. The van der Waals surface area contributed by atoms with Crippen molar-refractivity contribution in [3.05, 3.63) is 17.3 Å². The lowest BCUT2D eigenvalue weighted by molar-refractivity contribution is -0.147. The van der Waals surface area contributed by atoms with Crippen molar-refractivity contribution in [1.82, 2.24) is 10.4 Å². The van der Waals surface area contributed by atoms with Crippen molar-refractivity contribution in [1.29, 1.82) is 0 Å². The van der Waals surface area contributed by atoms with E-state index in [9.17, 15) is 14.4 Å². The molecule has 25 heavy (non-hydrogen) atoms. The fourth-order valence-corrected chi connectivity index (χ4v) is 2.79. The van der Waals surface area contributed by atoms with Crippen molar-refractivity contribution >= 4 is 35.1 Å². The molecule has 1 aromatic rings. The number of anilines is 1. The van der Waals surface area contributed by atoms with Crippen LogP contribution in [-0.2, 0) is 19.1 Å². The molecule has 0 aliphatic heterocycles. The first-order valence-corrected chi connectivity index (χ1v) is 8.04. The number of methoxy groups -OCH3 is 1. The number of nitrogens with one attached hydrogen (secondary N) is 2. The van der Waals surface area contributed by atoms with E-state index in [4.69, 9.17) is 26.9 Å². The molecule has 0 bridgehead atoms. The maximum absolute atomic E-state index is 11.5. The van der Waals surface area contributed by atoms with Gasteiger partial charge in [0.15, 0.2) is 0 Å². The summed E-state index contributed by atoms with van der Waals surface area (Å²) in [5, 5.41) is 2.50. The highest BCUT2D eigenvalue weighted by Crippen LogP contribution is 2.31. The van der Waals surface area contributed by atoms with E-state index in [2.05, 4.69) is 10.3 Å². The van der Waals surface area contributed by atoms with E-state index >= 15 is 0 Å². The molecule has 2 rings (SSSR count). The number of esters is 1. The molecule has 0 unspecified atom stereocenters. The molecule has 1 aliphatic carbocycles. The number of hydrogen-bond acceptors (Lipinski definition) is 7. The molecule has 1 fully saturated rings. The highest BCUT2D eigenvalue weighted by Gasteiger charge is 2.28. The Labute approximate surface area is 149 Å². The van der Waals surface area contributed by atoms with Crippen LogP contribution >= 0.6 is 11.6 Å². The first-order valence-electron chi connectivity index (χ1n) is 7.66. The van der Waals surface area contributed by atoms with Crippen LogP contribution in [0.25, 0.3) is 0 Å². The standard InChI is InChI=1S/C15H19ClN4O5/c1-24-15(23)8-2-4-10(5-3-8)25-14-11(16)6-9(7-18-14)19-12(21)13(22)20-17/h6-8,10H,2-5,17H2,1H3,(H,19,21)(H,20,22)/t8-,10+. The molecule has 0 spiro atoms. The van der Waals surface area contributed by atoms with Crippen LogP contribution in [0.2, 0.25) is 5.02 Å². The van der Waals surface area contributed by atoms with Crippen LogP contribution in [0, 0.1) is 5.92 Å². The molecule has 1 saturated carbocycles. The zero-order valence-electron chi connectivity index (χ0n) is 13.6. The summed E-state index contributed by atoms with van der Waals surface area (Å²) < 4.78 is 10.5.